The van der Waals surface area contributed by atoms with Gasteiger partial charge in [0.1, 0.15) is 35.6 Å². The standard InChI is InChI=1S/C20H20F2N4O2/c21-15-1-6-18(19(22)7-15)20(11-26-13-24-12-25-26)8-14(10-28-20)9-27-17-4-2-16(23)3-5-17/h1-7,12-14H,8-11,23H2. The smallest absolute Gasteiger partial charge is 0.137 e. The van der Waals surface area contributed by atoms with Crippen molar-refractivity contribution in [3.63, 3.8) is 0 Å². The summed E-state index contributed by atoms with van der Waals surface area (Å²) in [6.07, 6.45) is 3.46. The molecule has 0 aliphatic carbocycles. The largest absolute Gasteiger partial charge is 0.493 e. The number of ether oxygens (including phenoxy) is 2. The average molecular weight is 386 g/mol. The topological polar surface area (TPSA) is 75.2 Å². The Bertz CT molecular complexity index is 934. The molecule has 0 spiro atoms. The molecule has 2 atom stereocenters. The molecule has 1 fully saturated rings. The second kappa shape index (κ2) is 7.55. The molecule has 1 aliphatic rings. The number of nitrogens with two attached hydrogens (primary N) is 1. The Morgan fingerprint density at radius 2 is 2.04 bits per heavy atom. The highest BCUT2D eigenvalue weighted by Crippen LogP contribution is 2.42. The molecule has 1 saturated heterocycles. The Hall–Kier alpha value is -3.00. The number of nitrogen functional groups attached to an aromatic ring is 1. The van der Waals surface area contributed by atoms with Crippen LogP contribution in [0.25, 0.3) is 0 Å². The number of halogens is 2. The zero-order chi connectivity index (χ0) is 19.6. The van der Waals surface area contributed by atoms with Crippen LogP contribution < -0.4 is 10.5 Å². The van der Waals surface area contributed by atoms with Crippen molar-refractivity contribution in [2.75, 3.05) is 18.9 Å². The fraction of sp³-hybridized carbons (Fsp3) is 0.300. The SMILES string of the molecule is Nc1ccc(OCC2COC(Cn3cncn3)(c3ccc(F)cc3F)C2)cc1. The molecular weight excluding hydrogens is 366 g/mol. The molecule has 3 aromatic rings. The van der Waals surface area contributed by atoms with Crippen LogP contribution in [-0.2, 0) is 16.9 Å². The zero-order valence-corrected chi connectivity index (χ0v) is 15.1. The highest BCUT2D eigenvalue weighted by molar-refractivity contribution is 5.41. The Balaban J connectivity index is 1.54. The summed E-state index contributed by atoms with van der Waals surface area (Å²) in [5.41, 5.74) is 5.68. The summed E-state index contributed by atoms with van der Waals surface area (Å²) >= 11 is 0. The van der Waals surface area contributed by atoms with Crippen molar-refractivity contribution < 1.29 is 18.3 Å². The second-order valence-electron chi connectivity index (χ2n) is 6.97. The Morgan fingerprint density at radius 1 is 1.21 bits per heavy atom. The molecule has 4 rings (SSSR count). The third kappa shape index (κ3) is 3.82. The van der Waals surface area contributed by atoms with E-state index in [1.807, 2.05) is 0 Å². The highest BCUT2D eigenvalue weighted by Gasteiger charge is 2.44. The minimum Gasteiger partial charge on any atom is -0.493 e. The Labute approximate surface area is 160 Å². The summed E-state index contributed by atoms with van der Waals surface area (Å²) in [5, 5.41) is 4.11. The molecule has 6 nitrogen and oxygen atoms in total. The maximum Gasteiger partial charge on any atom is 0.137 e. The van der Waals surface area contributed by atoms with Crippen LogP contribution in [0.1, 0.15) is 12.0 Å². The predicted molar refractivity (Wildman–Crippen MR) is 98.5 cm³/mol. The molecule has 0 radical (unpaired) electrons. The number of hydrogen-bond donors (Lipinski definition) is 1. The second-order valence-corrected chi connectivity index (χ2v) is 6.97. The van der Waals surface area contributed by atoms with Crippen LogP contribution in [0.4, 0.5) is 14.5 Å². The van der Waals surface area contributed by atoms with E-state index in [1.54, 1.807) is 35.3 Å². The van der Waals surface area contributed by atoms with Crippen molar-refractivity contribution in [1.29, 1.82) is 0 Å². The summed E-state index contributed by atoms with van der Waals surface area (Å²) in [6, 6.07) is 10.7. The third-order valence-corrected chi connectivity index (χ3v) is 4.89. The molecular formula is C20H20F2N4O2. The summed E-state index contributed by atoms with van der Waals surface area (Å²) in [4.78, 5) is 3.94. The Morgan fingerprint density at radius 3 is 2.75 bits per heavy atom. The maximum absolute atomic E-state index is 14.6. The molecule has 28 heavy (non-hydrogen) atoms. The van der Waals surface area contributed by atoms with Crippen molar-refractivity contribution in [2.24, 2.45) is 5.92 Å². The monoisotopic (exact) mass is 386 g/mol. The molecule has 1 aromatic heterocycles. The molecule has 1 aliphatic heterocycles. The van der Waals surface area contributed by atoms with Crippen LogP contribution in [0.5, 0.6) is 5.75 Å². The van der Waals surface area contributed by atoms with Gasteiger partial charge in [0, 0.05) is 23.2 Å². The minimum atomic E-state index is -0.972. The zero-order valence-electron chi connectivity index (χ0n) is 15.1. The third-order valence-electron chi connectivity index (χ3n) is 4.89. The first-order valence-corrected chi connectivity index (χ1v) is 8.94. The average Bonchev–Trinajstić information content (AvgIpc) is 3.32. The number of hydrogen-bond acceptors (Lipinski definition) is 5. The van der Waals surface area contributed by atoms with Gasteiger partial charge in [0.05, 0.1) is 19.8 Å². The van der Waals surface area contributed by atoms with Gasteiger partial charge in [0.25, 0.3) is 0 Å². The fourth-order valence-corrected chi connectivity index (χ4v) is 3.56. The first-order valence-electron chi connectivity index (χ1n) is 8.94. The highest BCUT2D eigenvalue weighted by atomic mass is 19.1. The molecule has 0 amide bonds. The number of anilines is 1. The van der Waals surface area contributed by atoms with Gasteiger partial charge in [-0.15, -0.1) is 0 Å². The summed E-state index contributed by atoms with van der Waals surface area (Å²) in [6.45, 7) is 1.07. The molecule has 0 saturated carbocycles. The van der Waals surface area contributed by atoms with Crippen molar-refractivity contribution in [3.8, 4) is 5.75 Å². The van der Waals surface area contributed by atoms with Crippen LogP contribution in [0.2, 0.25) is 0 Å². The van der Waals surface area contributed by atoms with Crippen LogP contribution in [-0.4, -0.2) is 28.0 Å². The number of rotatable bonds is 6. The minimum absolute atomic E-state index is 0.0329. The van der Waals surface area contributed by atoms with E-state index >= 15 is 0 Å². The van der Waals surface area contributed by atoms with Gasteiger partial charge in [0.2, 0.25) is 0 Å². The summed E-state index contributed by atoms with van der Waals surface area (Å²) in [5.74, 6) is -0.528. The van der Waals surface area contributed by atoms with Crippen molar-refractivity contribution >= 4 is 5.69 Å². The molecule has 2 N–H and O–H groups in total. The van der Waals surface area contributed by atoms with E-state index in [9.17, 15) is 8.78 Å². The van der Waals surface area contributed by atoms with Gasteiger partial charge in [-0.3, -0.25) is 0 Å². The first-order chi connectivity index (χ1) is 13.5. The van der Waals surface area contributed by atoms with Gasteiger partial charge >= 0.3 is 0 Å². The lowest BCUT2D eigenvalue weighted by molar-refractivity contribution is -0.0206. The molecule has 0 bridgehead atoms. The summed E-state index contributed by atoms with van der Waals surface area (Å²) in [7, 11) is 0. The van der Waals surface area contributed by atoms with E-state index in [1.165, 1.54) is 18.5 Å². The fourth-order valence-electron chi connectivity index (χ4n) is 3.56. The number of nitrogens with zero attached hydrogens (tertiary/aromatic N) is 3. The van der Waals surface area contributed by atoms with Crippen LogP contribution in [0.15, 0.2) is 55.1 Å². The van der Waals surface area contributed by atoms with Gasteiger partial charge < -0.3 is 15.2 Å². The van der Waals surface area contributed by atoms with Gasteiger partial charge in [-0.05, 0) is 36.8 Å². The molecule has 2 heterocycles. The van der Waals surface area contributed by atoms with Gasteiger partial charge in [-0.25, -0.2) is 18.4 Å². The van der Waals surface area contributed by atoms with Crippen LogP contribution in [0.3, 0.4) is 0 Å². The van der Waals surface area contributed by atoms with Crippen LogP contribution in [0, 0.1) is 17.6 Å². The van der Waals surface area contributed by atoms with Gasteiger partial charge in [-0.2, -0.15) is 5.10 Å². The Kier molecular flexibility index (Phi) is 4.95. The van der Waals surface area contributed by atoms with E-state index in [0.717, 1.165) is 6.07 Å². The van der Waals surface area contributed by atoms with E-state index in [0.29, 0.717) is 36.6 Å². The normalized spacial score (nSPS) is 21.7. The number of benzene rings is 2. The summed E-state index contributed by atoms with van der Waals surface area (Å²) < 4.78 is 41.5. The van der Waals surface area contributed by atoms with E-state index in [4.69, 9.17) is 15.2 Å². The van der Waals surface area contributed by atoms with Crippen LogP contribution >= 0.6 is 0 Å². The van der Waals surface area contributed by atoms with Gasteiger partial charge in [0.15, 0.2) is 0 Å². The maximum atomic E-state index is 14.6. The lowest BCUT2D eigenvalue weighted by atomic mass is 9.87. The van der Waals surface area contributed by atoms with E-state index < -0.39 is 17.2 Å². The molecule has 2 unspecified atom stereocenters. The van der Waals surface area contributed by atoms with Gasteiger partial charge in [-0.1, -0.05) is 6.07 Å². The molecule has 146 valence electrons. The molecule has 2 aromatic carbocycles. The van der Waals surface area contributed by atoms with E-state index in [2.05, 4.69) is 10.1 Å². The van der Waals surface area contributed by atoms with Crippen molar-refractivity contribution in [1.82, 2.24) is 14.8 Å². The predicted octanol–water partition coefficient (Wildman–Crippen LogP) is 3.15. The first kappa shape index (κ1) is 18.4. The van der Waals surface area contributed by atoms with Crippen molar-refractivity contribution in [2.45, 2.75) is 18.6 Å². The van der Waals surface area contributed by atoms with Crippen molar-refractivity contribution in [3.05, 3.63) is 72.3 Å². The number of aromatic nitrogens is 3. The molecule has 8 heteroatoms. The van der Waals surface area contributed by atoms with E-state index in [-0.39, 0.29) is 12.5 Å². The lowest BCUT2D eigenvalue weighted by Crippen LogP contribution is -2.32. The lowest BCUT2D eigenvalue weighted by Gasteiger charge is -2.29. The quantitative estimate of drug-likeness (QED) is 0.659.